The second-order valence-corrected chi connectivity index (χ2v) is 9.96. The van der Waals surface area contributed by atoms with E-state index in [0.29, 0.717) is 47.7 Å². The summed E-state index contributed by atoms with van der Waals surface area (Å²) in [4.78, 5) is 23.9. The fraction of sp³-hybridized carbons (Fsp3) is 0.188. The van der Waals surface area contributed by atoms with E-state index >= 15 is 4.39 Å². The smallest absolute Gasteiger partial charge is 0.335 e. The Bertz CT molecular complexity index is 1860. The highest BCUT2D eigenvalue weighted by atomic mass is 19.1. The van der Waals surface area contributed by atoms with E-state index in [1.807, 2.05) is 4.57 Å². The van der Waals surface area contributed by atoms with Gasteiger partial charge in [0.1, 0.15) is 24.1 Å². The van der Waals surface area contributed by atoms with Crippen LogP contribution in [0.1, 0.15) is 33.7 Å². The lowest BCUT2D eigenvalue weighted by molar-refractivity contribution is -0.0589. The van der Waals surface area contributed by atoms with Gasteiger partial charge in [-0.05, 0) is 54.4 Å². The topological polar surface area (TPSA) is 90.8 Å². The van der Waals surface area contributed by atoms with Crippen LogP contribution in [0.4, 0.5) is 14.5 Å². The summed E-state index contributed by atoms with van der Waals surface area (Å²) in [5, 5.41) is 9.46. The minimum absolute atomic E-state index is 0.0175. The van der Waals surface area contributed by atoms with Gasteiger partial charge in [0.25, 0.3) is 0 Å². The molecule has 2 aromatic heterocycles. The number of pyridine rings is 1. The molecule has 1 saturated heterocycles. The number of hydrogen-bond donors (Lipinski definition) is 1. The molecule has 3 aromatic carbocycles. The SMILES string of the molecule is [C-]#[N+]c1ccc(COc2cccc(-c3ccc(Cc4nc5ccc(C(=O)O)cc5n4C[C@@H]4CCO4)cc3F)n2)c(F)c1. The first-order chi connectivity index (χ1) is 20.4. The summed E-state index contributed by atoms with van der Waals surface area (Å²) in [6, 6.07) is 18.8. The number of aromatic carboxylic acids is 1. The molecule has 8 nitrogen and oxygen atoms in total. The van der Waals surface area contributed by atoms with Crippen LogP contribution >= 0.6 is 0 Å². The number of carboxylic acids is 1. The van der Waals surface area contributed by atoms with E-state index in [9.17, 15) is 14.3 Å². The van der Waals surface area contributed by atoms with Gasteiger partial charge in [-0.15, -0.1) is 0 Å². The molecular formula is C32H24F2N4O4. The van der Waals surface area contributed by atoms with Gasteiger partial charge >= 0.3 is 5.97 Å². The maximum absolute atomic E-state index is 15.4. The summed E-state index contributed by atoms with van der Waals surface area (Å²) < 4.78 is 42.8. The van der Waals surface area contributed by atoms with E-state index in [-0.39, 0.29) is 41.0 Å². The predicted octanol–water partition coefficient (Wildman–Crippen LogP) is 6.58. The zero-order valence-electron chi connectivity index (χ0n) is 22.3. The molecule has 1 N–H and O–H groups in total. The van der Waals surface area contributed by atoms with Crippen molar-refractivity contribution in [1.29, 1.82) is 0 Å². The number of fused-ring (bicyclic) bond motifs is 1. The molecule has 0 saturated carbocycles. The number of carboxylic acid groups (broad SMARTS) is 1. The summed E-state index contributed by atoms with van der Waals surface area (Å²) in [7, 11) is 0. The van der Waals surface area contributed by atoms with Crippen molar-refractivity contribution in [2.45, 2.75) is 32.1 Å². The van der Waals surface area contributed by atoms with Crippen molar-refractivity contribution in [1.82, 2.24) is 14.5 Å². The second-order valence-electron chi connectivity index (χ2n) is 9.96. The Kier molecular flexibility index (Phi) is 7.33. The highest BCUT2D eigenvalue weighted by Gasteiger charge is 2.23. The predicted molar refractivity (Wildman–Crippen MR) is 150 cm³/mol. The number of nitrogens with zero attached hydrogens (tertiary/aromatic N) is 4. The molecule has 0 radical (unpaired) electrons. The molecule has 1 aliphatic rings. The van der Waals surface area contributed by atoms with E-state index in [4.69, 9.17) is 21.0 Å². The number of hydrogen-bond acceptors (Lipinski definition) is 5. The second kappa shape index (κ2) is 11.4. The lowest BCUT2D eigenvalue weighted by atomic mass is 10.1. The Morgan fingerprint density at radius 1 is 1.07 bits per heavy atom. The monoisotopic (exact) mass is 566 g/mol. The number of imidazole rings is 1. The average molecular weight is 567 g/mol. The maximum Gasteiger partial charge on any atom is 0.335 e. The minimum atomic E-state index is -1.02. The van der Waals surface area contributed by atoms with Crippen molar-refractivity contribution in [3.8, 4) is 17.1 Å². The van der Waals surface area contributed by atoms with Crippen LogP contribution in [0.5, 0.6) is 5.88 Å². The van der Waals surface area contributed by atoms with E-state index < -0.39 is 17.6 Å². The molecule has 0 spiro atoms. The molecule has 1 aliphatic heterocycles. The molecule has 210 valence electrons. The molecule has 0 aliphatic carbocycles. The summed E-state index contributed by atoms with van der Waals surface area (Å²) in [5.74, 6) is -1.15. The Morgan fingerprint density at radius 2 is 1.93 bits per heavy atom. The van der Waals surface area contributed by atoms with Crippen LogP contribution in [0, 0.1) is 18.2 Å². The molecular weight excluding hydrogens is 542 g/mol. The molecule has 6 rings (SSSR count). The quantitative estimate of drug-likeness (QED) is 0.203. The molecule has 5 aromatic rings. The van der Waals surface area contributed by atoms with E-state index in [0.717, 1.165) is 12.5 Å². The van der Waals surface area contributed by atoms with E-state index in [1.165, 1.54) is 24.3 Å². The lowest BCUT2D eigenvalue weighted by Gasteiger charge is -2.27. The molecule has 42 heavy (non-hydrogen) atoms. The van der Waals surface area contributed by atoms with Crippen molar-refractivity contribution in [3.05, 3.63) is 118 Å². The molecule has 10 heteroatoms. The normalized spacial score (nSPS) is 14.4. The number of carbonyl (C=O) groups is 1. The van der Waals surface area contributed by atoms with Crippen LogP contribution in [0.25, 0.3) is 27.1 Å². The molecule has 0 amide bonds. The first kappa shape index (κ1) is 27.1. The Hall–Kier alpha value is -5.14. The van der Waals surface area contributed by atoms with Gasteiger partial charge in [-0.25, -0.2) is 28.4 Å². The van der Waals surface area contributed by atoms with Gasteiger partial charge < -0.3 is 19.1 Å². The van der Waals surface area contributed by atoms with Crippen LogP contribution in [-0.4, -0.2) is 38.3 Å². The van der Waals surface area contributed by atoms with Crippen molar-refractivity contribution < 1.29 is 28.2 Å². The molecule has 0 unspecified atom stereocenters. The summed E-state index contributed by atoms with van der Waals surface area (Å²) in [5.41, 5.74) is 3.32. The maximum atomic E-state index is 15.4. The summed E-state index contributed by atoms with van der Waals surface area (Å²) in [6.45, 7) is 8.11. The van der Waals surface area contributed by atoms with Gasteiger partial charge in [-0.3, -0.25) is 0 Å². The Balaban J connectivity index is 1.23. The number of halogens is 2. The zero-order valence-corrected chi connectivity index (χ0v) is 22.3. The van der Waals surface area contributed by atoms with Crippen molar-refractivity contribution in [3.63, 3.8) is 0 Å². The van der Waals surface area contributed by atoms with Gasteiger partial charge in [0.05, 0.1) is 41.5 Å². The van der Waals surface area contributed by atoms with E-state index in [2.05, 4.69) is 9.83 Å². The van der Waals surface area contributed by atoms with Gasteiger partial charge in [0.15, 0.2) is 5.69 Å². The largest absolute Gasteiger partial charge is 0.478 e. The first-order valence-corrected chi connectivity index (χ1v) is 13.3. The standard InChI is InChI=1S/C32H24F2N4O4/c1-35-22-8-6-21(25(33)16-22)18-42-31-4-2-3-27(37-31)24-9-5-19(13-26(24)34)14-30-36-28-10-7-20(32(39)40)15-29(28)38(30)17-23-11-12-41-23/h2-10,13,15-16,23H,11-12,14,17-18H2,(H,39,40)/t23-/m0/s1. The van der Waals surface area contributed by atoms with Crippen molar-refractivity contribution in [2.24, 2.45) is 0 Å². The average Bonchev–Trinajstić information content (AvgIpc) is 3.30. The number of rotatable bonds is 9. The van der Waals surface area contributed by atoms with Crippen LogP contribution in [0.2, 0.25) is 0 Å². The van der Waals surface area contributed by atoms with Gasteiger partial charge in [-0.1, -0.05) is 24.3 Å². The van der Waals surface area contributed by atoms with Crippen molar-refractivity contribution in [2.75, 3.05) is 6.61 Å². The summed E-state index contributed by atoms with van der Waals surface area (Å²) >= 11 is 0. The van der Waals surface area contributed by atoms with Crippen LogP contribution < -0.4 is 4.74 Å². The van der Waals surface area contributed by atoms with Crippen LogP contribution in [0.15, 0.2) is 72.8 Å². The fourth-order valence-corrected chi connectivity index (χ4v) is 4.86. The van der Waals surface area contributed by atoms with Crippen LogP contribution in [0.3, 0.4) is 0 Å². The van der Waals surface area contributed by atoms with Crippen LogP contribution in [-0.2, 0) is 24.3 Å². The van der Waals surface area contributed by atoms with Gasteiger partial charge in [-0.2, -0.15) is 0 Å². The summed E-state index contributed by atoms with van der Waals surface area (Å²) in [6.07, 6.45) is 1.25. The third kappa shape index (κ3) is 5.55. The molecule has 1 fully saturated rings. The Labute approximate surface area is 239 Å². The third-order valence-electron chi connectivity index (χ3n) is 7.19. The van der Waals surface area contributed by atoms with Gasteiger partial charge in [0, 0.05) is 30.2 Å². The number of benzene rings is 3. The molecule has 3 heterocycles. The molecule has 0 bridgehead atoms. The number of ether oxygens (including phenoxy) is 2. The van der Waals surface area contributed by atoms with E-state index in [1.54, 1.807) is 42.5 Å². The fourth-order valence-electron chi connectivity index (χ4n) is 4.86. The highest BCUT2D eigenvalue weighted by Crippen LogP contribution is 2.28. The lowest BCUT2D eigenvalue weighted by Crippen LogP contribution is -2.31. The molecule has 1 atom stereocenters. The van der Waals surface area contributed by atoms with Crippen molar-refractivity contribution >= 4 is 22.7 Å². The van der Waals surface area contributed by atoms with Gasteiger partial charge in [0.2, 0.25) is 5.88 Å². The highest BCUT2D eigenvalue weighted by molar-refractivity contribution is 5.92. The third-order valence-corrected chi connectivity index (χ3v) is 7.19. The zero-order chi connectivity index (χ0) is 29.2. The first-order valence-electron chi connectivity index (χ1n) is 13.3. The Morgan fingerprint density at radius 3 is 2.64 bits per heavy atom. The number of aromatic nitrogens is 3. The minimum Gasteiger partial charge on any atom is -0.478 e.